The summed E-state index contributed by atoms with van der Waals surface area (Å²) in [4.78, 5) is 4.23. The summed E-state index contributed by atoms with van der Waals surface area (Å²) < 4.78 is 7.20. The quantitative estimate of drug-likeness (QED) is 0.794. The zero-order valence-electron chi connectivity index (χ0n) is 10.9. The molecule has 0 fully saturated rings. The number of ether oxygens (including phenoxy) is 1. The van der Waals surface area contributed by atoms with Gasteiger partial charge in [-0.1, -0.05) is 6.92 Å². The minimum atomic E-state index is 0.636. The van der Waals surface area contributed by atoms with Crippen LogP contribution in [0.15, 0.2) is 36.7 Å². The Morgan fingerprint density at radius 2 is 2.22 bits per heavy atom. The number of methoxy groups -OCH3 is 1. The van der Waals surface area contributed by atoms with E-state index < -0.39 is 0 Å². The molecule has 0 unspecified atom stereocenters. The highest BCUT2D eigenvalue weighted by atomic mass is 16.5. The molecule has 0 atom stereocenters. The molecule has 0 amide bonds. The first-order valence-electron chi connectivity index (χ1n) is 6.22. The van der Waals surface area contributed by atoms with E-state index in [2.05, 4.69) is 27.9 Å². The monoisotopic (exact) mass is 245 g/mol. The van der Waals surface area contributed by atoms with E-state index in [9.17, 15) is 0 Å². The molecule has 2 aromatic rings. The lowest BCUT2D eigenvalue weighted by Crippen LogP contribution is -2.16. The molecule has 0 aliphatic carbocycles. The minimum absolute atomic E-state index is 0.636. The molecular formula is C14H19N3O. The van der Waals surface area contributed by atoms with Crippen LogP contribution in [0.2, 0.25) is 0 Å². The molecule has 2 heterocycles. The van der Waals surface area contributed by atoms with Gasteiger partial charge in [0.1, 0.15) is 0 Å². The second kappa shape index (κ2) is 6.21. The zero-order chi connectivity index (χ0) is 12.8. The molecule has 4 nitrogen and oxygen atoms in total. The van der Waals surface area contributed by atoms with Crippen LogP contribution in [0.4, 0.5) is 0 Å². The Morgan fingerprint density at radius 1 is 1.33 bits per heavy atom. The van der Waals surface area contributed by atoms with Crippen molar-refractivity contribution in [3.05, 3.63) is 42.4 Å². The predicted molar refractivity (Wildman–Crippen MR) is 72.1 cm³/mol. The van der Waals surface area contributed by atoms with Crippen LogP contribution in [0.3, 0.4) is 0 Å². The molecule has 0 saturated heterocycles. The van der Waals surface area contributed by atoms with Crippen LogP contribution in [0, 0.1) is 0 Å². The summed E-state index contributed by atoms with van der Waals surface area (Å²) in [7, 11) is 1.62. The lowest BCUT2D eigenvalue weighted by molar-refractivity contribution is 0.398. The van der Waals surface area contributed by atoms with Crippen molar-refractivity contribution in [2.75, 3.05) is 13.7 Å². The number of aromatic nitrogens is 2. The van der Waals surface area contributed by atoms with Crippen molar-refractivity contribution in [1.82, 2.24) is 14.9 Å². The number of rotatable bonds is 6. The van der Waals surface area contributed by atoms with Gasteiger partial charge in [-0.05, 0) is 31.2 Å². The van der Waals surface area contributed by atoms with Gasteiger partial charge in [0, 0.05) is 24.5 Å². The third kappa shape index (κ3) is 2.90. The fourth-order valence-electron chi connectivity index (χ4n) is 1.84. The maximum Gasteiger partial charge on any atom is 0.213 e. The van der Waals surface area contributed by atoms with Crippen LogP contribution in [0.1, 0.15) is 19.0 Å². The molecule has 0 aliphatic heterocycles. The minimum Gasteiger partial charge on any atom is -0.481 e. The summed E-state index contributed by atoms with van der Waals surface area (Å²) in [6.45, 7) is 4.07. The Labute approximate surface area is 108 Å². The summed E-state index contributed by atoms with van der Waals surface area (Å²) in [5, 5.41) is 3.40. The Kier molecular flexibility index (Phi) is 4.36. The Morgan fingerprint density at radius 3 is 2.89 bits per heavy atom. The van der Waals surface area contributed by atoms with Crippen molar-refractivity contribution in [3.63, 3.8) is 0 Å². The predicted octanol–water partition coefficient (Wildman–Crippen LogP) is 2.38. The van der Waals surface area contributed by atoms with E-state index >= 15 is 0 Å². The van der Waals surface area contributed by atoms with Crippen molar-refractivity contribution < 1.29 is 4.74 Å². The molecule has 0 saturated carbocycles. The summed E-state index contributed by atoms with van der Waals surface area (Å²) in [6, 6.07) is 8.05. The fourth-order valence-corrected chi connectivity index (χ4v) is 1.84. The maximum atomic E-state index is 5.06. The van der Waals surface area contributed by atoms with Crippen LogP contribution in [0.5, 0.6) is 5.88 Å². The van der Waals surface area contributed by atoms with Gasteiger partial charge >= 0.3 is 0 Å². The highest BCUT2D eigenvalue weighted by Gasteiger charge is 2.03. The average molecular weight is 245 g/mol. The molecule has 1 N–H and O–H groups in total. The third-order valence-corrected chi connectivity index (χ3v) is 2.77. The second-order valence-corrected chi connectivity index (χ2v) is 4.11. The van der Waals surface area contributed by atoms with Crippen LogP contribution < -0.4 is 10.1 Å². The molecule has 96 valence electrons. The molecule has 2 rings (SSSR count). The summed E-state index contributed by atoms with van der Waals surface area (Å²) >= 11 is 0. The molecule has 0 radical (unpaired) electrons. The van der Waals surface area contributed by atoms with E-state index in [1.807, 2.05) is 30.6 Å². The first-order valence-corrected chi connectivity index (χ1v) is 6.22. The lowest BCUT2D eigenvalue weighted by Gasteiger charge is -2.10. The van der Waals surface area contributed by atoms with Gasteiger partial charge in [-0.3, -0.25) is 0 Å². The molecule has 0 aromatic carbocycles. The van der Waals surface area contributed by atoms with Gasteiger partial charge in [-0.2, -0.15) is 0 Å². The van der Waals surface area contributed by atoms with Crippen molar-refractivity contribution in [3.8, 4) is 11.6 Å². The van der Waals surface area contributed by atoms with E-state index in [1.54, 1.807) is 7.11 Å². The number of hydrogen-bond acceptors (Lipinski definition) is 3. The van der Waals surface area contributed by atoms with E-state index in [0.717, 1.165) is 25.2 Å². The molecule has 2 aromatic heterocycles. The zero-order valence-corrected chi connectivity index (χ0v) is 10.9. The first-order chi connectivity index (χ1) is 8.85. The Hall–Kier alpha value is -1.81. The van der Waals surface area contributed by atoms with Crippen LogP contribution in [-0.2, 0) is 6.54 Å². The smallest absolute Gasteiger partial charge is 0.213 e. The summed E-state index contributed by atoms with van der Waals surface area (Å²) in [5.41, 5.74) is 2.28. The number of nitrogens with one attached hydrogen (secondary N) is 1. The van der Waals surface area contributed by atoms with Crippen molar-refractivity contribution in [2.24, 2.45) is 0 Å². The van der Waals surface area contributed by atoms with Gasteiger partial charge in [-0.25, -0.2) is 4.98 Å². The van der Waals surface area contributed by atoms with Gasteiger partial charge in [-0.15, -0.1) is 0 Å². The SMILES string of the molecule is CCCNCc1cccn1-c1ccc(OC)nc1. The topological polar surface area (TPSA) is 39.1 Å². The molecule has 0 aliphatic rings. The van der Waals surface area contributed by atoms with Crippen LogP contribution in [0.25, 0.3) is 5.69 Å². The van der Waals surface area contributed by atoms with Gasteiger partial charge in [0.25, 0.3) is 0 Å². The van der Waals surface area contributed by atoms with Crippen molar-refractivity contribution in [1.29, 1.82) is 0 Å². The lowest BCUT2D eigenvalue weighted by atomic mass is 10.3. The van der Waals surface area contributed by atoms with Gasteiger partial charge in [0.15, 0.2) is 0 Å². The largest absolute Gasteiger partial charge is 0.481 e. The molecule has 18 heavy (non-hydrogen) atoms. The number of nitrogens with zero attached hydrogens (tertiary/aromatic N) is 2. The maximum absolute atomic E-state index is 5.06. The van der Waals surface area contributed by atoms with Gasteiger partial charge in [0.05, 0.1) is 19.0 Å². The first kappa shape index (κ1) is 12.6. The van der Waals surface area contributed by atoms with Crippen molar-refractivity contribution >= 4 is 0 Å². The summed E-state index contributed by atoms with van der Waals surface area (Å²) in [5.74, 6) is 0.636. The van der Waals surface area contributed by atoms with E-state index in [-0.39, 0.29) is 0 Å². The van der Waals surface area contributed by atoms with Crippen LogP contribution in [-0.4, -0.2) is 23.2 Å². The third-order valence-electron chi connectivity index (χ3n) is 2.77. The van der Waals surface area contributed by atoms with Crippen molar-refractivity contribution in [2.45, 2.75) is 19.9 Å². The molecular weight excluding hydrogens is 226 g/mol. The van der Waals surface area contributed by atoms with Crippen LogP contribution >= 0.6 is 0 Å². The van der Waals surface area contributed by atoms with E-state index in [4.69, 9.17) is 4.74 Å². The normalized spacial score (nSPS) is 10.6. The average Bonchev–Trinajstić information content (AvgIpc) is 2.88. The van der Waals surface area contributed by atoms with Gasteiger partial charge in [0.2, 0.25) is 5.88 Å². The highest BCUT2D eigenvalue weighted by molar-refractivity contribution is 5.34. The number of hydrogen-bond donors (Lipinski definition) is 1. The van der Waals surface area contributed by atoms with E-state index in [1.165, 1.54) is 5.69 Å². The van der Waals surface area contributed by atoms with E-state index in [0.29, 0.717) is 5.88 Å². The fraction of sp³-hybridized carbons (Fsp3) is 0.357. The second-order valence-electron chi connectivity index (χ2n) is 4.11. The molecule has 0 bridgehead atoms. The summed E-state index contributed by atoms with van der Waals surface area (Å²) in [6.07, 6.45) is 5.01. The highest BCUT2D eigenvalue weighted by Crippen LogP contribution is 2.14. The standard InChI is InChI=1S/C14H19N3O/c1-3-8-15-10-12-5-4-9-17(12)13-6-7-14(18-2)16-11-13/h4-7,9,11,15H,3,8,10H2,1-2H3. The Balaban J connectivity index is 2.14. The van der Waals surface area contributed by atoms with Gasteiger partial charge < -0.3 is 14.6 Å². The number of pyridine rings is 1. The Bertz CT molecular complexity index is 476. The molecule has 0 spiro atoms. The molecule has 4 heteroatoms.